The number of nitrogens with zero attached hydrogens (tertiary/aromatic N) is 1. The van der Waals surface area contributed by atoms with Gasteiger partial charge < -0.3 is 15.2 Å². The van der Waals surface area contributed by atoms with Crippen LogP contribution in [0, 0.1) is 6.92 Å². The Hall–Kier alpha value is -1.76. The second kappa shape index (κ2) is 7.63. The molecule has 0 saturated heterocycles. The van der Waals surface area contributed by atoms with Gasteiger partial charge in [-0.25, -0.2) is 0 Å². The molecule has 1 unspecified atom stereocenters. The number of amides is 2. The number of thioether (sulfide) groups is 1. The molecular weight excluding hydrogens is 266 g/mol. The number of hydrogen-bond donors (Lipinski definition) is 2. The minimum absolute atomic E-state index is 0.123. The minimum atomic E-state index is -0.355. The molecule has 19 heavy (non-hydrogen) atoms. The summed E-state index contributed by atoms with van der Waals surface area (Å²) in [6.45, 7) is 7.40. The Morgan fingerprint density at radius 3 is 2.95 bits per heavy atom. The van der Waals surface area contributed by atoms with Crippen molar-refractivity contribution in [3.8, 4) is 0 Å². The van der Waals surface area contributed by atoms with Crippen molar-refractivity contribution >= 4 is 29.4 Å². The van der Waals surface area contributed by atoms with Crippen molar-refractivity contribution in [2.75, 3.05) is 17.6 Å². The third-order valence-corrected chi connectivity index (χ3v) is 3.30. The van der Waals surface area contributed by atoms with Crippen LogP contribution in [0.15, 0.2) is 23.2 Å². The fourth-order valence-corrected chi connectivity index (χ4v) is 1.88. The molecule has 0 aromatic carbocycles. The second-order valence-electron chi connectivity index (χ2n) is 3.86. The Morgan fingerprint density at radius 1 is 1.63 bits per heavy atom. The van der Waals surface area contributed by atoms with Gasteiger partial charge in [-0.1, -0.05) is 11.2 Å². The Bertz CT molecular complexity index is 459. The predicted molar refractivity (Wildman–Crippen MR) is 75.0 cm³/mol. The van der Waals surface area contributed by atoms with Crippen LogP contribution >= 0.6 is 11.8 Å². The van der Waals surface area contributed by atoms with Crippen molar-refractivity contribution in [1.29, 1.82) is 0 Å². The standard InChI is InChI=1S/C12H17N3O3S/c1-4-5-13-11(16)7-19-9(3)12(17)14-10-6-8(2)18-15-10/h4,6,9H,1,5,7H2,2-3H3,(H,13,16)(H,14,15,17). The first kappa shape index (κ1) is 15.3. The molecule has 104 valence electrons. The molecule has 2 N–H and O–H groups in total. The Morgan fingerprint density at radius 2 is 2.37 bits per heavy atom. The number of aromatic nitrogens is 1. The average molecular weight is 283 g/mol. The van der Waals surface area contributed by atoms with E-state index in [0.29, 0.717) is 18.1 Å². The monoisotopic (exact) mass is 283 g/mol. The fourth-order valence-electron chi connectivity index (χ4n) is 1.17. The number of rotatable bonds is 7. The first-order chi connectivity index (χ1) is 9.02. The van der Waals surface area contributed by atoms with Crippen LogP contribution in [0.2, 0.25) is 0 Å². The van der Waals surface area contributed by atoms with Crippen LogP contribution in [-0.4, -0.2) is 34.5 Å². The Balaban J connectivity index is 2.32. The molecule has 1 atom stereocenters. The van der Waals surface area contributed by atoms with Crippen LogP contribution in [-0.2, 0) is 9.59 Å². The first-order valence-corrected chi connectivity index (χ1v) is 6.81. The quantitative estimate of drug-likeness (QED) is 0.738. The van der Waals surface area contributed by atoms with Gasteiger partial charge in [0.25, 0.3) is 0 Å². The summed E-state index contributed by atoms with van der Waals surface area (Å²) in [6.07, 6.45) is 1.60. The molecule has 0 saturated carbocycles. The zero-order valence-electron chi connectivity index (χ0n) is 10.9. The van der Waals surface area contributed by atoms with E-state index >= 15 is 0 Å². The summed E-state index contributed by atoms with van der Waals surface area (Å²) in [5.41, 5.74) is 0. The largest absolute Gasteiger partial charge is 0.360 e. The lowest BCUT2D eigenvalue weighted by Gasteiger charge is -2.09. The lowest BCUT2D eigenvalue weighted by Crippen LogP contribution is -2.28. The molecule has 1 aromatic rings. The molecule has 0 aliphatic heterocycles. The van der Waals surface area contributed by atoms with Gasteiger partial charge in [-0.3, -0.25) is 9.59 Å². The van der Waals surface area contributed by atoms with E-state index < -0.39 is 0 Å². The highest BCUT2D eigenvalue weighted by atomic mass is 32.2. The summed E-state index contributed by atoms with van der Waals surface area (Å²) in [5, 5.41) is 8.57. The van der Waals surface area contributed by atoms with Crippen molar-refractivity contribution < 1.29 is 14.1 Å². The van der Waals surface area contributed by atoms with Gasteiger partial charge in [-0.2, -0.15) is 0 Å². The average Bonchev–Trinajstić information content (AvgIpc) is 2.78. The van der Waals surface area contributed by atoms with E-state index in [1.54, 1.807) is 26.0 Å². The third-order valence-electron chi connectivity index (χ3n) is 2.16. The third kappa shape index (κ3) is 5.60. The maximum absolute atomic E-state index is 11.8. The summed E-state index contributed by atoms with van der Waals surface area (Å²) in [7, 11) is 0. The van der Waals surface area contributed by atoms with Gasteiger partial charge in [0.05, 0.1) is 11.0 Å². The summed E-state index contributed by atoms with van der Waals surface area (Å²) in [5.74, 6) is 0.891. The van der Waals surface area contributed by atoms with Crippen LogP contribution in [0.3, 0.4) is 0 Å². The maximum atomic E-state index is 11.8. The number of carbonyl (C=O) groups is 2. The number of anilines is 1. The zero-order valence-corrected chi connectivity index (χ0v) is 11.8. The van der Waals surface area contributed by atoms with E-state index in [9.17, 15) is 9.59 Å². The molecule has 0 aliphatic carbocycles. The number of aryl methyl sites for hydroxylation is 1. The van der Waals surface area contributed by atoms with Gasteiger partial charge in [0.1, 0.15) is 5.76 Å². The van der Waals surface area contributed by atoms with E-state index in [4.69, 9.17) is 4.52 Å². The van der Waals surface area contributed by atoms with Crippen LogP contribution in [0.25, 0.3) is 0 Å². The Labute approximate surface area is 116 Å². The topological polar surface area (TPSA) is 84.2 Å². The Kier molecular flexibility index (Phi) is 6.14. The summed E-state index contributed by atoms with van der Waals surface area (Å²) in [6, 6.07) is 1.63. The normalized spacial score (nSPS) is 11.7. The van der Waals surface area contributed by atoms with Crippen molar-refractivity contribution in [2.24, 2.45) is 0 Å². The summed E-state index contributed by atoms with van der Waals surface area (Å²) >= 11 is 1.25. The van der Waals surface area contributed by atoms with Gasteiger partial charge in [-0.15, -0.1) is 18.3 Å². The lowest BCUT2D eigenvalue weighted by atomic mass is 10.4. The van der Waals surface area contributed by atoms with Crippen LogP contribution in [0.1, 0.15) is 12.7 Å². The van der Waals surface area contributed by atoms with Crippen molar-refractivity contribution in [3.63, 3.8) is 0 Å². The molecule has 0 aliphatic rings. The van der Waals surface area contributed by atoms with Crippen molar-refractivity contribution in [3.05, 3.63) is 24.5 Å². The van der Waals surface area contributed by atoms with Gasteiger partial charge in [-0.05, 0) is 13.8 Å². The van der Waals surface area contributed by atoms with Crippen LogP contribution in [0.4, 0.5) is 5.82 Å². The molecule has 1 aromatic heterocycles. The molecule has 6 nitrogen and oxygen atoms in total. The molecule has 2 amide bonds. The molecule has 7 heteroatoms. The molecule has 1 heterocycles. The highest BCUT2D eigenvalue weighted by Crippen LogP contribution is 2.13. The lowest BCUT2D eigenvalue weighted by molar-refractivity contribution is -0.118. The summed E-state index contributed by atoms with van der Waals surface area (Å²) in [4.78, 5) is 23.1. The highest BCUT2D eigenvalue weighted by molar-refractivity contribution is 8.01. The highest BCUT2D eigenvalue weighted by Gasteiger charge is 2.16. The smallest absolute Gasteiger partial charge is 0.238 e. The molecule has 0 radical (unpaired) electrons. The second-order valence-corrected chi connectivity index (χ2v) is 5.19. The number of hydrogen-bond acceptors (Lipinski definition) is 5. The van der Waals surface area contributed by atoms with E-state index in [1.807, 2.05) is 0 Å². The van der Waals surface area contributed by atoms with Crippen LogP contribution in [0.5, 0.6) is 0 Å². The van der Waals surface area contributed by atoms with E-state index in [-0.39, 0.29) is 22.8 Å². The van der Waals surface area contributed by atoms with Crippen LogP contribution < -0.4 is 10.6 Å². The van der Waals surface area contributed by atoms with Gasteiger partial charge >= 0.3 is 0 Å². The molecule has 1 rings (SSSR count). The van der Waals surface area contributed by atoms with Gasteiger partial charge in [0.15, 0.2) is 5.82 Å². The number of nitrogens with one attached hydrogen (secondary N) is 2. The summed E-state index contributed by atoms with van der Waals surface area (Å²) < 4.78 is 4.84. The SMILES string of the molecule is C=CCNC(=O)CSC(C)C(=O)Nc1cc(C)on1. The zero-order chi connectivity index (χ0) is 14.3. The minimum Gasteiger partial charge on any atom is -0.360 e. The van der Waals surface area contributed by atoms with Crippen molar-refractivity contribution in [2.45, 2.75) is 19.1 Å². The molecule has 0 spiro atoms. The van der Waals surface area contributed by atoms with Gasteiger partial charge in [0, 0.05) is 12.6 Å². The molecule has 0 bridgehead atoms. The van der Waals surface area contributed by atoms with Gasteiger partial charge in [0.2, 0.25) is 11.8 Å². The van der Waals surface area contributed by atoms with E-state index in [0.717, 1.165) is 0 Å². The van der Waals surface area contributed by atoms with Crippen molar-refractivity contribution in [1.82, 2.24) is 10.5 Å². The number of carbonyl (C=O) groups excluding carboxylic acids is 2. The van der Waals surface area contributed by atoms with E-state index in [2.05, 4.69) is 22.4 Å². The predicted octanol–water partition coefficient (Wildman–Crippen LogP) is 1.35. The maximum Gasteiger partial charge on any atom is 0.238 e. The molecular formula is C12H17N3O3S. The molecule has 0 fully saturated rings. The van der Waals surface area contributed by atoms with E-state index in [1.165, 1.54) is 11.8 Å². The first-order valence-electron chi connectivity index (χ1n) is 5.76. The fraction of sp³-hybridized carbons (Fsp3) is 0.417.